The minimum absolute atomic E-state index is 0.0553. The second kappa shape index (κ2) is 7.68. The monoisotopic (exact) mass is 392 g/mol. The molecule has 138 valence electrons. The summed E-state index contributed by atoms with van der Waals surface area (Å²) >= 11 is 6.06. The molecule has 26 heavy (non-hydrogen) atoms. The maximum absolute atomic E-state index is 12.7. The number of hydrogen-bond acceptors (Lipinski definition) is 3. The number of nitrogens with one attached hydrogen (secondary N) is 1. The summed E-state index contributed by atoms with van der Waals surface area (Å²) in [5.41, 5.74) is 1.46. The van der Waals surface area contributed by atoms with Crippen LogP contribution >= 0.6 is 11.6 Å². The van der Waals surface area contributed by atoms with Crippen LogP contribution in [0, 0.1) is 6.92 Å². The Balaban J connectivity index is 1.86. The van der Waals surface area contributed by atoms with Crippen LogP contribution < -0.4 is 4.72 Å². The zero-order chi connectivity index (χ0) is 18.7. The van der Waals surface area contributed by atoms with Crippen LogP contribution in [0.1, 0.15) is 35.2 Å². The van der Waals surface area contributed by atoms with Crippen molar-refractivity contribution in [3.63, 3.8) is 0 Å². The molecule has 0 atom stereocenters. The van der Waals surface area contributed by atoms with E-state index in [1.807, 2.05) is 0 Å². The van der Waals surface area contributed by atoms with Gasteiger partial charge < -0.3 is 4.90 Å². The number of piperidine rings is 1. The maximum Gasteiger partial charge on any atom is 0.261 e. The number of halogens is 1. The molecule has 0 aliphatic carbocycles. The second-order valence-corrected chi connectivity index (χ2v) is 8.49. The minimum Gasteiger partial charge on any atom is -0.339 e. The van der Waals surface area contributed by atoms with Gasteiger partial charge in [0.05, 0.1) is 10.6 Å². The van der Waals surface area contributed by atoms with E-state index in [4.69, 9.17) is 11.6 Å². The number of benzene rings is 2. The van der Waals surface area contributed by atoms with Crippen LogP contribution in [0.25, 0.3) is 0 Å². The van der Waals surface area contributed by atoms with Crippen molar-refractivity contribution in [2.75, 3.05) is 17.8 Å². The van der Waals surface area contributed by atoms with E-state index < -0.39 is 10.0 Å². The third kappa shape index (κ3) is 4.02. The SMILES string of the molecule is Cc1c(Cl)cccc1NS(=O)(=O)c1cccc(C(=O)N2CCCCC2)c1. The molecule has 1 fully saturated rings. The number of likely N-dealkylation sites (tertiary alicyclic amines) is 1. The van der Waals surface area contributed by atoms with E-state index in [0.29, 0.717) is 21.8 Å². The molecule has 0 spiro atoms. The first kappa shape index (κ1) is 18.7. The van der Waals surface area contributed by atoms with Gasteiger partial charge in [-0.1, -0.05) is 23.7 Å². The van der Waals surface area contributed by atoms with Crippen LogP contribution in [0.15, 0.2) is 47.4 Å². The van der Waals surface area contributed by atoms with Crippen LogP contribution in [0.2, 0.25) is 5.02 Å². The summed E-state index contributed by atoms with van der Waals surface area (Å²) in [6.07, 6.45) is 3.10. The average molecular weight is 393 g/mol. The van der Waals surface area contributed by atoms with E-state index in [2.05, 4.69) is 4.72 Å². The van der Waals surface area contributed by atoms with Gasteiger partial charge in [0.1, 0.15) is 0 Å². The molecule has 2 aromatic rings. The summed E-state index contributed by atoms with van der Waals surface area (Å²) in [5, 5.41) is 0.485. The lowest BCUT2D eigenvalue weighted by atomic mass is 10.1. The number of hydrogen-bond donors (Lipinski definition) is 1. The fourth-order valence-electron chi connectivity index (χ4n) is 3.00. The van der Waals surface area contributed by atoms with E-state index in [9.17, 15) is 13.2 Å². The molecule has 0 unspecified atom stereocenters. The molecule has 2 aromatic carbocycles. The van der Waals surface area contributed by atoms with Crippen LogP contribution in [0.5, 0.6) is 0 Å². The van der Waals surface area contributed by atoms with Crippen molar-refractivity contribution >= 4 is 33.2 Å². The molecular formula is C19H21ClN2O3S. The number of rotatable bonds is 4. The Morgan fingerprint density at radius 2 is 1.77 bits per heavy atom. The van der Waals surface area contributed by atoms with Crippen molar-refractivity contribution in [2.24, 2.45) is 0 Å². The van der Waals surface area contributed by atoms with Crippen molar-refractivity contribution in [1.82, 2.24) is 4.90 Å². The summed E-state index contributed by atoms with van der Waals surface area (Å²) < 4.78 is 28.0. The smallest absolute Gasteiger partial charge is 0.261 e. The quantitative estimate of drug-likeness (QED) is 0.852. The first-order valence-electron chi connectivity index (χ1n) is 8.56. The molecule has 1 saturated heterocycles. The average Bonchev–Trinajstić information content (AvgIpc) is 2.65. The Morgan fingerprint density at radius 3 is 2.50 bits per heavy atom. The van der Waals surface area contributed by atoms with Gasteiger partial charge in [0.15, 0.2) is 0 Å². The fraction of sp³-hybridized carbons (Fsp3) is 0.316. The van der Waals surface area contributed by atoms with Crippen LogP contribution in [0.3, 0.4) is 0 Å². The second-order valence-electron chi connectivity index (χ2n) is 6.40. The van der Waals surface area contributed by atoms with Crippen LogP contribution in [-0.2, 0) is 10.0 Å². The Bertz CT molecular complexity index is 922. The first-order valence-corrected chi connectivity index (χ1v) is 10.4. The molecule has 0 bridgehead atoms. The van der Waals surface area contributed by atoms with Crippen LogP contribution in [-0.4, -0.2) is 32.3 Å². The van der Waals surface area contributed by atoms with Gasteiger partial charge >= 0.3 is 0 Å². The molecule has 5 nitrogen and oxygen atoms in total. The number of carbonyl (C=O) groups excluding carboxylic acids is 1. The molecule has 1 N–H and O–H groups in total. The molecule has 1 heterocycles. The molecule has 0 aromatic heterocycles. The van der Waals surface area contributed by atoms with E-state index in [1.165, 1.54) is 12.1 Å². The number of amides is 1. The maximum atomic E-state index is 12.7. The summed E-state index contributed by atoms with van der Waals surface area (Å²) in [6.45, 7) is 3.18. The summed E-state index contributed by atoms with van der Waals surface area (Å²) in [5.74, 6) is -0.124. The van der Waals surface area contributed by atoms with Crippen LogP contribution in [0.4, 0.5) is 5.69 Å². The summed E-state index contributed by atoms with van der Waals surface area (Å²) in [4.78, 5) is 14.5. The molecular weight excluding hydrogens is 372 g/mol. The molecule has 3 rings (SSSR count). The lowest BCUT2D eigenvalue weighted by Gasteiger charge is -2.26. The number of sulfonamides is 1. The van der Waals surface area contributed by atoms with Gasteiger partial charge in [-0.15, -0.1) is 0 Å². The van der Waals surface area contributed by atoms with E-state index in [-0.39, 0.29) is 10.8 Å². The Labute approximate surface area is 159 Å². The Kier molecular flexibility index (Phi) is 5.53. The van der Waals surface area contributed by atoms with Gasteiger partial charge in [0.25, 0.3) is 15.9 Å². The van der Waals surface area contributed by atoms with E-state index in [0.717, 1.165) is 32.4 Å². The largest absolute Gasteiger partial charge is 0.339 e. The lowest BCUT2D eigenvalue weighted by molar-refractivity contribution is 0.0724. The predicted molar refractivity (Wildman–Crippen MR) is 103 cm³/mol. The Morgan fingerprint density at radius 1 is 1.08 bits per heavy atom. The standard InChI is InChI=1S/C19H21ClN2O3S/c1-14-17(20)9-6-10-18(14)21-26(24,25)16-8-5-7-15(13-16)19(23)22-11-3-2-4-12-22/h5-10,13,21H,2-4,11-12H2,1H3. The van der Waals surface area contributed by atoms with E-state index in [1.54, 1.807) is 42.2 Å². The molecule has 1 aliphatic heterocycles. The Hall–Kier alpha value is -2.05. The number of carbonyl (C=O) groups is 1. The predicted octanol–water partition coefficient (Wildman–Crippen LogP) is 4.08. The highest BCUT2D eigenvalue weighted by molar-refractivity contribution is 7.92. The van der Waals surface area contributed by atoms with Crippen molar-refractivity contribution in [1.29, 1.82) is 0 Å². The number of nitrogens with zero attached hydrogens (tertiary/aromatic N) is 1. The van der Waals surface area contributed by atoms with Gasteiger partial charge in [-0.05, 0) is 62.1 Å². The highest BCUT2D eigenvalue weighted by Crippen LogP contribution is 2.26. The van der Waals surface area contributed by atoms with Crippen molar-refractivity contribution in [3.05, 3.63) is 58.6 Å². The van der Waals surface area contributed by atoms with Gasteiger partial charge in [-0.2, -0.15) is 0 Å². The molecule has 1 amide bonds. The van der Waals surface area contributed by atoms with Gasteiger partial charge in [-0.25, -0.2) is 8.42 Å². The fourth-order valence-corrected chi connectivity index (χ4v) is 4.34. The highest BCUT2D eigenvalue weighted by atomic mass is 35.5. The van der Waals surface area contributed by atoms with Crippen molar-refractivity contribution in [3.8, 4) is 0 Å². The highest BCUT2D eigenvalue weighted by Gasteiger charge is 2.21. The normalized spacial score (nSPS) is 14.9. The van der Waals surface area contributed by atoms with Crippen molar-refractivity contribution < 1.29 is 13.2 Å². The third-order valence-electron chi connectivity index (χ3n) is 4.55. The van der Waals surface area contributed by atoms with Crippen molar-refractivity contribution in [2.45, 2.75) is 31.1 Å². The van der Waals surface area contributed by atoms with E-state index >= 15 is 0 Å². The molecule has 0 radical (unpaired) electrons. The zero-order valence-corrected chi connectivity index (χ0v) is 16.1. The van der Waals surface area contributed by atoms with Gasteiger partial charge in [0.2, 0.25) is 0 Å². The molecule has 0 saturated carbocycles. The molecule has 1 aliphatic rings. The zero-order valence-electron chi connectivity index (χ0n) is 14.5. The minimum atomic E-state index is -3.82. The first-order chi connectivity index (χ1) is 12.4. The summed E-state index contributed by atoms with van der Waals surface area (Å²) in [7, 11) is -3.82. The lowest BCUT2D eigenvalue weighted by Crippen LogP contribution is -2.35. The topological polar surface area (TPSA) is 66.5 Å². The van der Waals surface area contributed by atoms with Gasteiger partial charge in [0, 0.05) is 23.7 Å². The molecule has 7 heteroatoms. The van der Waals surface area contributed by atoms with Gasteiger partial charge in [-0.3, -0.25) is 9.52 Å². The third-order valence-corrected chi connectivity index (χ3v) is 6.32. The summed E-state index contributed by atoms with van der Waals surface area (Å²) in [6, 6.07) is 11.2. The number of anilines is 1.